The molecule has 1 N–H and O–H groups in total. The van der Waals surface area contributed by atoms with E-state index in [1.54, 1.807) is 0 Å². The molecule has 0 heterocycles. The maximum Gasteiger partial charge on any atom is 0.183 e. The molecule has 1 rings (SSSR count). The Kier molecular flexibility index (Phi) is 4.66. The highest BCUT2D eigenvalue weighted by Gasteiger charge is 2.00. The summed E-state index contributed by atoms with van der Waals surface area (Å²) < 4.78 is 1.03. The standard InChI is InChI=1S/C10H10BrN3S/c1-7-5-8(11)3-4-9(7)14-10(15-2)13-6-12/h3-5H,1-2H3,(H,13,14). The average molecular weight is 284 g/mol. The van der Waals surface area contributed by atoms with Crippen LogP contribution in [0.4, 0.5) is 5.69 Å². The summed E-state index contributed by atoms with van der Waals surface area (Å²) in [5.41, 5.74) is 1.93. The molecule has 5 heteroatoms. The smallest absolute Gasteiger partial charge is 0.183 e. The van der Waals surface area contributed by atoms with Crippen molar-refractivity contribution in [3.63, 3.8) is 0 Å². The number of nitrogens with zero attached hydrogens (tertiary/aromatic N) is 2. The molecule has 0 amide bonds. The van der Waals surface area contributed by atoms with Crippen LogP contribution >= 0.6 is 27.7 Å². The van der Waals surface area contributed by atoms with Crippen LogP contribution < -0.4 is 5.32 Å². The van der Waals surface area contributed by atoms with E-state index in [0.717, 1.165) is 15.7 Å². The maximum absolute atomic E-state index is 8.50. The van der Waals surface area contributed by atoms with Gasteiger partial charge in [0.1, 0.15) is 0 Å². The van der Waals surface area contributed by atoms with Gasteiger partial charge >= 0.3 is 0 Å². The van der Waals surface area contributed by atoms with E-state index >= 15 is 0 Å². The first-order valence-electron chi connectivity index (χ1n) is 4.21. The monoisotopic (exact) mass is 283 g/mol. The van der Waals surface area contributed by atoms with Gasteiger partial charge in [0.2, 0.25) is 0 Å². The summed E-state index contributed by atoms with van der Waals surface area (Å²) in [5.74, 6) is 0. The van der Waals surface area contributed by atoms with Crippen molar-refractivity contribution in [1.29, 1.82) is 5.26 Å². The Balaban J connectivity index is 3.01. The molecule has 78 valence electrons. The van der Waals surface area contributed by atoms with E-state index in [1.807, 2.05) is 37.6 Å². The molecule has 0 radical (unpaired) electrons. The summed E-state index contributed by atoms with van der Waals surface area (Å²) in [6.07, 6.45) is 3.73. The topological polar surface area (TPSA) is 48.2 Å². The van der Waals surface area contributed by atoms with Gasteiger partial charge in [-0.1, -0.05) is 27.7 Å². The summed E-state index contributed by atoms with van der Waals surface area (Å²) in [7, 11) is 0. The van der Waals surface area contributed by atoms with Crippen LogP contribution in [0.1, 0.15) is 5.56 Å². The van der Waals surface area contributed by atoms with Crippen molar-refractivity contribution in [1.82, 2.24) is 5.32 Å². The number of rotatable bonds is 1. The van der Waals surface area contributed by atoms with Gasteiger partial charge in [-0.3, -0.25) is 5.32 Å². The number of nitrogens with one attached hydrogen (secondary N) is 1. The van der Waals surface area contributed by atoms with Crippen LogP contribution in [0, 0.1) is 18.4 Å². The first-order valence-corrected chi connectivity index (χ1v) is 6.23. The normalized spacial score (nSPS) is 10.9. The summed E-state index contributed by atoms with van der Waals surface area (Å²) in [6.45, 7) is 1.98. The highest BCUT2D eigenvalue weighted by molar-refractivity contribution is 9.10. The van der Waals surface area contributed by atoms with Crippen LogP contribution in [0.5, 0.6) is 0 Å². The molecule has 1 aromatic carbocycles. The highest BCUT2D eigenvalue weighted by atomic mass is 79.9. The SMILES string of the molecule is CSC(=Nc1ccc(Br)cc1C)NC#N. The van der Waals surface area contributed by atoms with Crippen molar-refractivity contribution in [3.05, 3.63) is 28.2 Å². The maximum atomic E-state index is 8.50. The average Bonchev–Trinajstić information content (AvgIpc) is 2.21. The van der Waals surface area contributed by atoms with Crippen molar-refractivity contribution in [2.24, 2.45) is 4.99 Å². The van der Waals surface area contributed by atoms with Gasteiger partial charge < -0.3 is 0 Å². The number of nitriles is 1. The Bertz CT molecular complexity index is 423. The van der Waals surface area contributed by atoms with Crippen LogP contribution in [0.2, 0.25) is 0 Å². The minimum Gasteiger partial charge on any atom is -0.271 e. The molecule has 1 aromatic rings. The minimum atomic E-state index is 0.600. The van der Waals surface area contributed by atoms with Crippen LogP contribution in [0.3, 0.4) is 0 Å². The third kappa shape index (κ3) is 3.57. The molecule has 0 aliphatic carbocycles. The molecule has 0 saturated carbocycles. The second-order valence-electron chi connectivity index (χ2n) is 2.79. The summed E-state index contributed by atoms with van der Waals surface area (Å²) >= 11 is 4.80. The van der Waals surface area contributed by atoms with Gasteiger partial charge in [-0.25, -0.2) is 4.99 Å². The van der Waals surface area contributed by atoms with Gasteiger partial charge in [-0.2, -0.15) is 5.26 Å². The highest BCUT2D eigenvalue weighted by Crippen LogP contribution is 2.23. The lowest BCUT2D eigenvalue weighted by molar-refractivity contribution is 1.27. The van der Waals surface area contributed by atoms with Crippen LogP contribution in [0.25, 0.3) is 0 Å². The van der Waals surface area contributed by atoms with Gasteiger partial charge in [0.15, 0.2) is 11.4 Å². The predicted molar refractivity (Wildman–Crippen MR) is 68.2 cm³/mol. The molecule has 15 heavy (non-hydrogen) atoms. The fourth-order valence-electron chi connectivity index (χ4n) is 1.03. The van der Waals surface area contributed by atoms with E-state index in [-0.39, 0.29) is 0 Å². The Morgan fingerprint density at radius 3 is 2.87 bits per heavy atom. The number of aliphatic imine (C=N–C) groups is 1. The van der Waals surface area contributed by atoms with Gasteiger partial charge in [0.25, 0.3) is 0 Å². The van der Waals surface area contributed by atoms with Crippen molar-refractivity contribution in [2.75, 3.05) is 6.26 Å². The zero-order valence-electron chi connectivity index (χ0n) is 8.41. The minimum absolute atomic E-state index is 0.600. The summed E-state index contributed by atoms with van der Waals surface area (Å²) in [6, 6.07) is 5.83. The quantitative estimate of drug-likeness (QED) is 0.373. The third-order valence-electron chi connectivity index (χ3n) is 1.74. The molecular formula is C10H10BrN3S. The molecule has 0 spiro atoms. The second kappa shape index (κ2) is 5.79. The van der Waals surface area contributed by atoms with Gasteiger partial charge in [-0.05, 0) is 36.9 Å². The molecule has 0 bridgehead atoms. The second-order valence-corrected chi connectivity index (χ2v) is 4.50. The first-order chi connectivity index (χ1) is 7.17. The number of amidine groups is 1. The lowest BCUT2D eigenvalue weighted by atomic mass is 10.2. The largest absolute Gasteiger partial charge is 0.271 e. The molecule has 0 unspecified atom stereocenters. The van der Waals surface area contributed by atoms with Crippen molar-refractivity contribution >= 4 is 38.5 Å². The lowest BCUT2D eigenvalue weighted by Gasteiger charge is -2.03. The number of aryl methyl sites for hydroxylation is 1. The Labute approximate surface area is 102 Å². The molecule has 0 saturated heterocycles. The zero-order chi connectivity index (χ0) is 11.3. The first kappa shape index (κ1) is 12.1. The lowest BCUT2D eigenvalue weighted by Crippen LogP contribution is -2.12. The molecule has 0 atom stereocenters. The van der Waals surface area contributed by atoms with E-state index in [2.05, 4.69) is 26.2 Å². The number of thioether (sulfide) groups is 1. The number of benzene rings is 1. The molecular weight excluding hydrogens is 274 g/mol. The Hall–Kier alpha value is -0.990. The van der Waals surface area contributed by atoms with Crippen LogP contribution in [0.15, 0.2) is 27.7 Å². The van der Waals surface area contributed by atoms with E-state index < -0.39 is 0 Å². The van der Waals surface area contributed by atoms with Crippen LogP contribution in [-0.2, 0) is 0 Å². The molecule has 3 nitrogen and oxygen atoms in total. The fraction of sp³-hybridized carbons (Fsp3) is 0.200. The Morgan fingerprint density at radius 2 is 2.33 bits per heavy atom. The summed E-state index contributed by atoms with van der Waals surface area (Å²) in [5, 5.41) is 11.6. The molecule has 0 fully saturated rings. The van der Waals surface area contributed by atoms with Gasteiger partial charge in [-0.15, -0.1) is 0 Å². The van der Waals surface area contributed by atoms with Crippen LogP contribution in [-0.4, -0.2) is 11.4 Å². The van der Waals surface area contributed by atoms with Crippen molar-refractivity contribution in [3.8, 4) is 6.19 Å². The number of hydrogen-bond acceptors (Lipinski definition) is 3. The van der Waals surface area contributed by atoms with E-state index in [1.165, 1.54) is 11.8 Å². The predicted octanol–water partition coefficient (Wildman–Crippen LogP) is 3.18. The Morgan fingerprint density at radius 1 is 1.60 bits per heavy atom. The molecule has 0 aliphatic heterocycles. The fourth-order valence-corrected chi connectivity index (χ4v) is 1.84. The van der Waals surface area contributed by atoms with Gasteiger partial charge in [0, 0.05) is 4.47 Å². The summed E-state index contributed by atoms with van der Waals surface area (Å²) in [4.78, 5) is 4.33. The van der Waals surface area contributed by atoms with E-state index in [0.29, 0.717) is 5.17 Å². The number of halogens is 1. The van der Waals surface area contributed by atoms with E-state index in [9.17, 15) is 0 Å². The molecule has 0 aliphatic rings. The number of hydrogen-bond donors (Lipinski definition) is 1. The molecule has 0 aromatic heterocycles. The van der Waals surface area contributed by atoms with Gasteiger partial charge in [0.05, 0.1) is 5.69 Å². The zero-order valence-corrected chi connectivity index (χ0v) is 10.8. The van der Waals surface area contributed by atoms with Crippen molar-refractivity contribution < 1.29 is 0 Å². The van der Waals surface area contributed by atoms with E-state index in [4.69, 9.17) is 5.26 Å². The third-order valence-corrected chi connectivity index (χ3v) is 2.81. The van der Waals surface area contributed by atoms with Crippen molar-refractivity contribution in [2.45, 2.75) is 6.92 Å².